The van der Waals surface area contributed by atoms with Gasteiger partial charge in [0.2, 0.25) is 0 Å². The van der Waals surface area contributed by atoms with Crippen molar-refractivity contribution in [1.82, 2.24) is 5.32 Å². The molecule has 1 atom stereocenters. The van der Waals surface area contributed by atoms with E-state index in [9.17, 15) is 0 Å². The summed E-state index contributed by atoms with van der Waals surface area (Å²) in [6.07, 6.45) is 2.25. The molecule has 0 radical (unpaired) electrons. The Bertz CT molecular complexity index is 378. The molecule has 0 aromatic heterocycles. The van der Waals surface area contributed by atoms with Gasteiger partial charge in [-0.1, -0.05) is 28.9 Å². The minimum absolute atomic E-state index is 0.414. The van der Waals surface area contributed by atoms with Crippen molar-refractivity contribution in [3.8, 4) is 5.75 Å². The smallest absolute Gasteiger partial charge is 0.128 e. The second-order valence-corrected chi connectivity index (χ2v) is 5.06. The number of fused-ring (bicyclic) bond motifs is 1. The summed E-state index contributed by atoms with van der Waals surface area (Å²) in [6, 6.07) is 4.64. The molecule has 1 aliphatic heterocycles. The van der Waals surface area contributed by atoms with Crippen molar-refractivity contribution >= 4 is 15.9 Å². The molecule has 0 saturated heterocycles. The van der Waals surface area contributed by atoms with Gasteiger partial charge in [0.25, 0.3) is 0 Å². The molecule has 16 heavy (non-hydrogen) atoms. The molecule has 0 saturated carbocycles. The van der Waals surface area contributed by atoms with E-state index in [0.717, 1.165) is 36.2 Å². The highest BCUT2D eigenvalue weighted by Crippen LogP contribution is 2.39. The SMILES string of the molecule is CCNC1CCCOc2c(C)ccc(Br)c21. The predicted molar refractivity (Wildman–Crippen MR) is 70.0 cm³/mol. The maximum absolute atomic E-state index is 5.87. The summed E-state index contributed by atoms with van der Waals surface area (Å²) in [6.45, 7) is 6.07. The van der Waals surface area contributed by atoms with Crippen molar-refractivity contribution in [3.05, 3.63) is 27.7 Å². The van der Waals surface area contributed by atoms with Crippen molar-refractivity contribution in [3.63, 3.8) is 0 Å². The minimum Gasteiger partial charge on any atom is -0.493 e. The maximum atomic E-state index is 5.87. The van der Waals surface area contributed by atoms with Gasteiger partial charge >= 0.3 is 0 Å². The molecule has 2 rings (SSSR count). The van der Waals surface area contributed by atoms with Gasteiger partial charge in [-0.05, 0) is 37.9 Å². The minimum atomic E-state index is 0.414. The monoisotopic (exact) mass is 283 g/mol. The van der Waals surface area contributed by atoms with Gasteiger partial charge in [0.15, 0.2) is 0 Å². The highest BCUT2D eigenvalue weighted by molar-refractivity contribution is 9.10. The Hall–Kier alpha value is -0.540. The normalized spacial score (nSPS) is 19.8. The van der Waals surface area contributed by atoms with Crippen molar-refractivity contribution < 1.29 is 4.74 Å². The third kappa shape index (κ3) is 2.25. The van der Waals surface area contributed by atoms with Crippen LogP contribution in [0.15, 0.2) is 16.6 Å². The van der Waals surface area contributed by atoms with Crippen LogP contribution in [0.3, 0.4) is 0 Å². The topological polar surface area (TPSA) is 21.3 Å². The Labute approximate surface area is 106 Å². The summed E-state index contributed by atoms with van der Waals surface area (Å²) in [5.74, 6) is 1.07. The fourth-order valence-electron chi connectivity index (χ4n) is 2.26. The zero-order valence-corrected chi connectivity index (χ0v) is 11.4. The van der Waals surface area contributed by atoms with E-state index in [2.05, 4.69) is 47.2 Å². The first-order chi connectivity index (χ1) is 7.74. The van der Waals surface area contributed by atoms with Crippen molar-refractivity contribution in [2.24, 2.45) is 0 Å². The van der Waals surface area contributed by atoms with Crippen molar-refractivity contribution in [1.29, 1.82) is 0 Å². The number of hydrogen-bond acceptors (Lipinski definition) is 2. The molecule has 0 aliphatic carbocycles. The van der Waals surface area contributed by atoms with E-state index in [0.29, 0.717) is 6.04 Å². The summed E-state index contributed by atoms with van der Waals surface area (Å²) < 4.78 is 7.02. The molecule has 1 N–H and O–H groups in total. The maximum Gasteiger partial charge on any atom is 0.128 e. The van der Waals surface area contributed by atoms with Gasteiger partial charge in [-0.2, -0.15) is 0 Å². The van der Waals surface area contributed by atoms with E-state index in [1.54, 1.807) is 0 Å². The summed E-state index contributed by atoms with van der Waals surface area (Å²) >= 11 is 3.64. The first kappa shape index (κ1) is 11.9. The summed E-state index contributed by atoms with van der Waals surface area (Å²) in [5.41, 5.74) is 2.52. The first-order valence-electron chi connectivity index (χ1n) is 5.89. The molecule has 0 bridgehead atoms. The Balaban J connectivity index is 2.46. The lowest BCUT2D eigenvalue weighted by atomic mass is 10.00. The fraction of sp³-hybridized carbons (Fsp3) is 0.538. The summed E-state index contributed by atoms with van der Waals surface area (Å²) in [7, 11) is 0. The fourth-order valence-corrected chi connectivity index (χ4v) is 2.85. The van der Waals surface area contributed by atoms with Crippen molar-refractivity contribution in [2.45, 2.75) is 32.7 Å². The lowest BCUT2D eigenvalue weighted by Gasteiger charge is -2.20. The zero-order valence-electron chi connectivity index (χ0n) is 9.85. The molecule has 1 aromatic rings. The first-order valence-corrected chi connectivity index (χ1v) is 6.68. The van der Waals surface area contributed by atoms with Gasteiger partial charge in [0.1, 0.15) is 5.75 Å². The molecule has 1 unspecified atom stereocenters. The molecule has 0 fully saturated rings. The van der Waals surface area contributed by atoms with E-state index < -0.39 is 0 Å². The van der Waals surface area contributed by atoms with Crippen LogP contribution in [0.2, 0.25) is 0 Å². The Kier molecular flexibility index (Phi) is 3.87. The van der Waals surface area contributed by atoms with Crippen LogP contribution in [0.4, 0.5) is 0 Å². The zero-order chi connectivity index (χ0) is 11.5. The van der Waals surface area contributed by atoms with E-state index in [1.165, 1.54) is 11.1 Å². The van der Waals surface area contributed by atoms with Crippen molar-refractivity contribution in [2.75, 3.05) is 13.2 Å². The van der Waals surface area contributed by atoms with E-state index >= 15 is 0 Å². The number of hydrogen-bond donors (Lipinski definition) is 1. The van der Waals surface area contributed by atoms with Crippen LogP contribution in [0, 0.1) is 6.92 Å². The Morgan fingerprint density at radius 1 is 1.50 bits per heavy atom. The molecular weight excluding hydrogens is 266 g/mol. The van der Waals surface area contributed by atoms with E-state index in [4.69, 9.17) is 4.74 Å². The number of ether oxygens (including phenoxy) is 1. The third-order valence-electron chi connectivity index (χ3n) is 3.02. The lowest BCUT2D eigenvalue weighted by Crippen LogP contribution is -2.20. The molecule has 3 heteroatoms. The van der Waals surface area contributed by atoms with Gasteiger partial charge in [-0.3, -0.25) is 0 Å². The lowest BCUT2D eigenvalue weighted by molar-refractivity contribution is 0.313. The average molecular weight is 284 g/mol. The average Bonchev–Trinajstić information content (AvgIpc) is 2.48. The molecule has 1 aromatic carbocycles. The van der Waals surface area contributed by atoms with Gasteiger partial charge < -0.3 is 10.1 Å². The van der Waals surface area contributed by atoms with Gasteiger partial charge in [-0.25, -0.2) is 0 Å². The molecule has 1 aliphatic rings. The summed E-state index contributed by atoms with van der Waals surface area (Å²) in [5, 5.41) is 3.54. The van der Waals surface area contributed by atoms with Crippen LogP contribution in [-0.4, -0.2) is 13.2 Å². The van der Waals surface area contributed by atoms with Crippen LogP contribution in [0.1, 0.15) is 36.9 Å². The Morgan fingerprint density at radius 3 is 3.06 bits per heavy atom. The number of halogens is 1. The number of rotatable bonds is 2. The highest BCUT2D eigenvalue weighted by atomic mass is 79.9. The Morgan fingerprint density at radius 2 is 2.31 bits per heavy atom. The van der Waals surface area contributed by atoms with E-state index in [-0.39, 0.29) is 0 Å². The van der Waals surface area contributed by atoms with Crippen LogP contribution in [0.25, 0.3) is 0 Å². The van der Waals surface area contributed by atoms with Gasteiger partial charge in [-0.15, -0.1) is 0 Å². The highest BCUT2D eigenvalue weighted by Gasteiger charge is 2.22. The standard InChI is InChI=1S/C13H18BrNO/c1-3-15-11-5-4-8-16-13-9(2)6-7-10(14)12(11)13/h6-7,11,15H,3-5,8H2,1-2H3. The summed E-state index contributed by atoms with van der Waals surface area (Å²) in [4.78, 5) is 0. The molecule has 0 amide bonds. The molecule has 2 nitrogen and oxygen atoms in total. The van der Waals surface area contributed by atoms with E-state index in [1.807, 2.05) is 0 Å². The number of benzene rings is 1. The second-order valence-electron chi connectivity index (χ2n) is 4.21. The third-order valence-corrected chi connectivity index (χ3v) is 3.71. The quantitative estimate of drug-likeness (QED) is 0.896. The van der Waals surface area contributed by atoms with Crippen LogP contribution in [0.5, 0.6) is 5.75 Å². The van der Waals surface area contributed by atoms with Gasteiger partial charge in [0.05, 0.1) is 6.61 Å². The predicted octanol–water partition coefficient (Wildman–Crippen LogP) is 3.58. The molecule has 88 valence electrons. The van der Waals surface area contributed by atoms with Gasteiger partial charge in [0, 0.05) is 16.1 Å². The molecule has 0 spiro atoms. The molecule has 1 heterocycles. The largest absolute Gasteiger partial charge is 0.493 e. The van der Waals surface area contributed by atoms with Crippen LogP contribution in [-0.2, 0) is 0 Å². The second kappa shape index (κ2) is 5.19. The van der Waals surface area contributed by atoms with Crippen LogP contribution >= 0.6 is 15.9 Å². The molecular formula is C13H18BrNO. The number of nitrogens with one attached hydrogen (secondary N) is 1. The number of aryl methyl sites for hydroxylation is 1. The van der Waals surface area contributed by atoms with Crippen LogP contribution < -0.4 is 10.1 Å².